The number of nitrogen functional groups attached to an aromatic ring is 1. The van der Waals surface area contributed by atoms with Gasteiger partial charge in [-0.3, -0.25) is 0 Å². The minimum Gasteiger partial charge on any atom is -0.436 e. The highest BCUT2D eigenvalue weighted by Crippen LogP contribution is 2.28. The predicted molar refractivity (Wildman–Crippen MR) is 68.6 cm³/mol. The van der Waals surface area contributed by atoms with E-state index in [0.29, 0.717) is 22.7 Å². The van der Waals surface area contributed by atoms with Crippen LogP contribution in [0.2, 0.25) is 0 Å². The number of aromatic nitrogens is 1. The molecule has 4 heteroatoms. The topological polar surface area (TPSA) is 52.0 Å². The van der Waals surface area contributed by atoms with Gasteiger partial charge in [0.25, 0.3) is 0 Å². The van der Waals surface area contributed by atoms with Crippen LogP contribution in [0.3, 0.4) is 0 Å². The first kappa shape index (κ1) is 10.8. The molecule has 0 amide bonds. The number of oxazole rings is 1. The van der Waals surface area contributed by atoms with E-state index < -0.39 is 0 Å². The summed E-state index contributed by atoms with van der Waals surface area (Å²) in [5.41, 5.74) is 9.30. The van der Waals surface area contributed by atoms with Gasteiger partial charge in [0.1, 0.15) is 11.3 Å². The molecule has 0 saturated heterocycles. The summed E-state index contributed by atoms with van der Waals surface area (Å²) in [5.74, 6) is 0.132. The molecule has 0 aliphatic rings. The predicted octanol–water partition coefficient (Wildman–Crippen LogP) is 3.52. The summed E-state index contributed by atoms with van der Waals surface area (Å²) in [6.07, 6.45) is 0. The van der Waals surface area contributed by atoms with Gasteiger partial charge in [-0.15, -0.1) is 0 Å². The number of hydrogen-bond donors (Lipinski definition) is 1. The minimum absolute atomic E-state index is 0.327. The number of anilines is 1. The Morgan fingerprint density at radius 2 is 2.00 bits per heavy atom. The first-order valence-corrected chi connectivity index (χ1v) is 5.56. The molecule has 0 spiro atoms. The van der Waals surface area contributed by atoms with E-state index in [9.17, 15) is 4.39 Å². The molecule has 2 aromatic carbocycles. The largest absolute Gasteiger partial charge is 0.436 e. The Balaban J connectivity index is 2.22. The smallest absolute Gasteiger partial charge is 0.227 e. The maximum Gasteiger partial charge on any atom is 0.227 e. The lowest BCUT2D eigenvalue weighted by atomic mass is 10.1. The highest BCUT2D eigenvalue weighted by molar-refractivity contribution is 5.77. The fraction of sp³-hybridized carbons (Fsp3) is 0.0714. The summed E-state index contributed by atoms with van der Waals surface area (Å²) in [7, 11) is 0. The standard InChI is InChI=1S/C14H11FN2O/c1-8-2-4-10(16)7-11(8)14-17-12-6-9(15)3-5-13(12)18-14/h2-7H,16H2,1H3. The average Bonchev–Trinajstić information content (AvgIpc) is 2.74. The molecule has 0 atom stereocenters. The molecule has 0 aliphatic carbocycles. The number of nitrogens with two attached hydrogens (primary N) is 1. The van der Waals surface area contributed by atoms with Crippen LogP contribution in [-0.4, -0.2) is 4.98 Å². The van der Waals surface area contributed by atoms with Gasteiger partial charge in [0.05, 0.1) is 0 Å². The van der Waals surface area contributed by atoms with Crippen LogP contribution in [0.4, 0.5) is 10.1 Å². The summed E-state index contributed by atoms with van der Waals surface area (Å²) in [6, 6.07) is 9.80. The van der Waals surface area contributed by atoms with Crippen LogP contribution in [0, 0.1) is 12.7 Å². The molecular weight excluding hydrogens is 231 g/mol. The Morgan fingerprint density at radius 1 is 1.17 bits per heavy atom. The Bertz CT molecular complexity index is 734. The molecule has 3 aromatic rings. The van der Waals surface area contributed by atoms with Gasteiger partial charge in [0.2, 0.25) is 5.89 Å². The van der Waals surface area contributed by atoms with Gasteiger partial charge in [0, 0.05) is 17.3 Å². The fourth-order valence-corrected chi connectivity index (χ4v) is 1.89. The fourth-order valence-electron chi connectivity index (χ4n) is 1.89. The molecular formula is C14H11FN2O. The van der Waals surface area contributed by atoms with Crippen molar-refractivity contribution in [2.45, 2.75) is 6.92 Å². The third kappa shape index (κ3) is 1.72. The van der Waals surface area contributed by atoms with Crippen molar-refractivity contribution in [3.05, 3.63) is 47.8 Å². The molecule has 2 N–H and O–H groups in total. The Labute approximate surface area is 103 Å². The van der Waals surface area contributed by atoms with Crippen molar-refractivity contribution in [3.63, 3.8) is 0 Å². The molecule has 0 unspecified atom stereocenters. The molecule has 1 aromatic heterocycles. The summed E-state index contributed by atoms with van der Waals surface area (Å²) >= 11 is 0. The number of halogens is 1. The van der Waals surface area contributed by atoms with E-state index in [2.05, 4.69) is 4.98 Å². The monoisotopic (exact) mass is 242 g/mol. The van der Waals surface area contributed by atoms with Gasteiger partial charge in [-0.25, -0.2) is 9.37 Å². The number of hydrogen-bond acceptors (Lipinski definition) is 3. The van der Waals surface area contributed by atoms with E-state index in [1.54, 1.807) is 12.1 Å². The molecule has 90 valence electrons. The lowest BCUT2D eigenvalue weighted by Crippen LogP contribution is -1.88. The van der Waals surface area contributed by atoms with Gasteiger partial charge < -0.3 is 10.2 Å². The molecule has 3 nitrogen and oxygen atoms in total. The lowest BCUT2D eigenvalue weighted by molar-refractivity contribution is 0.613. The number of fused-ring (bicyclic) bond motifs is 1. The van der Waals surface area contributed by atoms with Gasteiger partial charge >= 0.3 is 0 Å². The quantitative estimate of drug-likeness (QED) is 0.664. The average molecular weight is 242 g/mol. The third-order valence-electron chi connectivity index (χ3n) is 2.84. The first-order valence-electron chi connectivity index (χ1n) is 5.56. The Hall–Kier alpha value is -2.36. The second kappa shape index (κ2) is 3.84. The van der Waals surface area contributed by atoms with Crippen LogP contribution in [-0.2, 0) is 0 Å². The summed E-state index contributed by atoms with van der Waals surface area (Å²) in [5, 5.41) is 0. The summed E-state index contributed by atoms with van der Waals surface area (Å²) < 4.78 is 18.7. The van der Waals surface area contributed by atoms with E-state index in [1.165, 1.54) is 12.1 Å². The zero-order valence-corrected chi connectivity index (χ0v) is 9.77. The third-order valence-corrected chi connectivity index (χ3v) is 2.84. The zero-order chi connectivity index (χ0) is 12.7. The van der Waals surface area contributed by atoms with Crippen molar-refractivity contribution < 1.29 is 8.81 Å². The van der Waals surface area contributed by atoms with Crippen molar-refractivity contribution in [2.75, 3.05) is 5.73 Å². The second-order valence-corrected chi connectivity index (χ2v) is 4.21. The van der Waals surface area contributed by atoms with Crippen LogP contribution < -0.4 is 5.73 Å². The number of rotatable bonds is 1. The van der Waals surface area contributed by atoms with Crippen LogP contribution >= 0.6 is 0 Å². The van der Waals surface area contributed by atoms with Crippen molar-refractivity contribution in [1.82, 2.24) is 4.98 Å². The van der Waals surface area contributed by atoms with Crippen LogP contribution in [0.25, 0.3) is 22.6 Å². The van der Waals surface area contributed by atoms with Crippen LogP contribution in [0.1, 0.15) is 5.56 Å². The molecule has 18 heavy (non-hydrogen) atoms. The van der Waals surface area contributed by atoms with Crippen LogP contribution in [0.5, 0.6) is 0 Å². The molecule has 1 heterocycles. The summed E-state index contributed by atoms with van der Waals surface area (Å²) in [4.78, 5) is 4.28. The van der Waals surface area contributed by atoms with Gasteiger partial charge in [-0.2, -0.15) is 0 Å². The SMILES string of the molecule is Cc1ccc(N)cc1-c1nc2cc(F)ccc2o1. The second-order valence-electron chi connectivity index (χ2n) is 4.21. The van der Waals surface area contributed by atoms with Gasteiger partial charge in [0.15, 0.2) is 5.58 Å². The van der Waals surface area contributed by atoms with Crippen molar-refractivity contribution >= 4 is 16.8 Å². The summed E-state index contributed by atoms with van der Waals surface area (Å²) in [6.45, 7) is 1.95. The first-order chi connectivity index (χ1) is 8.63. The van der Waals surface area contributed by atoms with Crippen molar-refractivity contribution in [2.24, 2.45) is 0 Å². The van der Waals surface area contributed by atoms with Crippen molar-refractivity contribution in [1.29, 1.82) is 0 Å². The molecule has 0 radical (unpaired) electrons. The van der Waals surface area contributed by atoms with E-state index in [0.717, 1.165) is 11.1 Å². The number of nitrogens with zero attached hydrogens (tertiary/aromatic N) is 1. The zero-order valence-electron chi connectivity index (χ0n) is 9.77. The highest BCUT2D eigenvalue weighted by atomic mass is 19.1. The lowest BCUT2D eigenvalue weighted by Gasteiger charge is -2.01. The van der Waals surface area contributed by atoms with E-state index in [4.69, 9.17) is 10.2 Å². The van der Waals surface area contributed by atoms with Crippen LogP contribution in [0.15, 0.2) is 40.8 Å². The van der Waals surface area contributed by atoms with E-state index in [-0.39, 0.29) is 5.82 Å². The number of benzene rings is 2. The molecule has 0 fully saturated rings. The minimum atomic E-state index is -0.327. The normalized spacial score (nSPS) is 11.0. The van der Waals surface area contributed by atoms with Gasteiger partial charge in [-0.05, 0) is 36.8 Å². The highest BCUT2D eigenvalue weighted by Gasteiger charge is 2.11. The Morgan fingerprint density at radius 3 is 2.83 bits per heavy atom. The maximum atomic E-state index is 13.1. The van der Waals surface area contributed by atoms with Gasteiger partial charge in [-0.1, -0.05) is 6.07 Å². The molecule has 0 saturated carbocycles. The van der Waals surface area contributed by atoms with E-state index in [1.807, 2.05) is 19.1 Å². The molecule has 0 bridgehead atoms. The van der Waals surface area contributed by atoms with E-state index >= 15 is 0 Å². The Kier molecular flexibility index (Phi) is 2.30. The van der Waals surface area contributed by atoms with Crippen molar-refractivity contribution in [3.8, 4) is 11.5 Å². The molecule has 0 aliphatic heterocycles. The molecule has 3 rings (SSSR count). The number of aryl methyl sites for hydroxylation is 1. The maximum absolute atomic E-state index is 13.1.